The average Bonchev–Trinajstić information content (AvgIpc) is 3.12. The molecule has 5 heteroatoms. The highest BCUT2D eigenvalue weighted by molar-refractivity contribution is 9.10. The Labute approximate surface area is 121 Å². The van der Waals surface area contributed by atoms with Gasteiger partial charge in [-0.25, -0.2) is 0 Å². The van der Waals surface area contributed by atoms with Crippen LogP contribution in [-0.4, -0.2) is 23.7 Å². The number of carbonyl (C=O) groups excluding carboxylic acids is 1. The third-order valence-corrected chi connectivity index (χ3v) is 3.45. The van der Waals surface area contributed by atoms with E-state index in [9.17, 15) is 9.90 Å². The van der Waals surface area contributed by atoms with Crippen LogP contribution >= 0.6 is 15.9 Å². The number of rotatable bonds is 6. The van der Waals surface area contributed by atoms with Gasteiger partial charge in [-0.05, 0) is 31.9 Å². The van der Waals surface area contributed by atoms with Crippen LogP contribution in [0.2, 0.25) is 0 Å². The SMILES string of the molecule is C[C@@H](O)c1ccc(Br)cc1OCCC(=O)NC1CC1. The summed E-state index contributed by atoms with van der Waals surface area (Å²) in [4.78, 5) is 11.5. The zero-order valence-corrected chi connectivity index (χ0v) is 12.4. The number of hydrogen-bond donors (Lipinski definition) is 2. The van der Waals surface area contributed by atoms with E-state index in [4.69, 9.17) is 4.74 Å². The predicted molar refractivity (Wildman–Crippen MR) is 76.1 cm³/mol. The fourth-order valence-corrected chi connectivity index (χ4v) is 2.10. The summed E-state index contributed by atoms with van der Waals surface area (Å²) in [7, 11) is 0. The normalized spacial score (nSPS) is 15.9. The van der Waals surface area contributed by atoms with E-state index in [0.717, 1.165) is 22.9 Å². The lowest BCUT2D eigenvalue weighted by Gasteiger charge is -2.13. The van der Waals surface area contributed by atoms with Crippen molar-refractivity contribution < 1.29 is 14.6 Å². The minimum absolute atomic E-state index is 0.0242. The van der Waals surface area contributed by atoms with Crippen molar-refractivity contribution in [2.45, 2.75) is 38.3 Å². The Morgan fingerprint density at radius 3 is 2.95 bits per heavy atom. The van der Waals surface area contributed by atoms with E-state index >= 15 is 0 Å². The summed E-state index contributed by atoms with van der Waals surface area (Å²) in [6.45, 7) is 2.00. The Balaban J connectivity index is 1.87. The molecule has 104 valence electrons. The van der Waals surface area contributed by atoms with E-state index in [2.05, 4.69) is 21.2 Å². The van der Waals surface area contributed by atoms with E-state index in [1.807, 2.05) is 12.1 Å². The highest BCUT2D eigenvalue weighted by atomic mass is 79.9. The number of hydrogen-bond acceptors (Lipinski definition) is 3. The first-order valence-electron chi connectivity index (χ1n) is 6.46. The maximum atomic E-state index is 11.5. The Morgan fingerprint density at radius 1 is 1.58 bits per heavy atom. The van der Waals surface area contributed by atoms with Crippen LogP contribution in [-0.2, 0) is 4.79 Å². The number of amides is 1. The van der Waals surface area contributed by atoms with Gasteiger partial charge in [0.25, 0.3) is 0 Å². The molecule has 2 rings (SSSR count). The molecule has 1 aromatic rings. The van der Waals surface area contributed by atoms with E-state index in [1.54, 1.807) is 13.0 Å². The Morgan fingerprint density at radius 2 is 2.32 bits per heavy atom. The van der Waals surface area contributed by atoms with Crippen LogP contribution in [0.1, 0.15) is 37.9 Å². The Hall–Kier alpha value is -1.07. The van der Waals surface area contributed by atoms with Crippen molar-refractivity contribution in [3.05, 3.63) is 28.2 Å². The molecule has 19 heavy (non-hydrogen) atoms. The van der Waals surface area contributed by atoms with Crippen molar-refractivity contribution in [2.75, 3.05) is 6.61 Å². The standard InChI is InChI=1S/C14H18BrNO3/c1-9(17)12-5-2-10(15)8-13(12)19-7-6-14(18)16-11-3-4-11/h2,5,8-9,11,17H,3-4,6-7H2,1H3,(H,16,18)/t9-/m1/s1. The first kappa shape index (κ1) is 14.3. The molecule has 0 unspecified atom stereocenters. The van der Waals surface area contributed by atoms with Crippen LogP contribution in [0.15, 0.2) is 22.7 Å². The summed E-state index contributed by atoms with van der Waals surface area (Å²) in [5.41, 5.74) is 0.728. The molecular formula is C14H18BrNO3. The fraction of sp³-hybridized carbons (Fsp3) is 0.500. The zero-order valence-electron chi connectivity index (χ0n) is 10.9. The molecule has 0 aliphatic heterocycles. The first-order valence-corrected chi connectivity index (χ1v) is 7.25. The van der Waals surface area contributed by atoms with Crippen molar-refractivity contribution in [1.82, 2.24) is 5.32 Å². The van der Waals surface area contributed by atoms with Gasteiger partial charge in [0.15, 0.2) is 0 Å². The lowest BCUT2D eigenvalue weighted by Crippen LogP contribution is -2.26. The molecule has 1 amide bonds. The second-order valence-electron chi connectivity index (χ2n) is 4.80. The molecule has 0 heterocycles. The second-order valence-corrected chi connectivity index (χ2v) is 5.71. The van der Waals surface area contributed by atoms with E-state index in [1.165, 1.54) is 0 Å². The first-order chi connectivity index (χ1) is 9.06. The van der Waals surface area contributed by atoms with Gasteiger partial charge in [0.05, 0.1) is 19.1 Å². The smallest absolute Gasteiger partial charge is 0.223 e. The second kappa shape index (κ2) is 6.39. The molecule has 1 atom stereocenters. The van der Waals surface area contributed by atoms with E-state index in [-0.39, 0.29) is 5.91 Å². The van der Waals surface area contributed by atoms with E-state index in [0.29, 0.717) is 24.8 Å². The van der Waals surface area contributed by atoms with Gasteiger partial charge >= 0.3 is 0 Å². The van der Waals surface area contributed by atoms with Gasteiger partial charge in [0.1, 0.15) is 5.75 Å². The molecule has 1 aliphatic rings. The van der Waals surface area contributed by atoms with Gasteiger partial charge in [-0.1, -0.05) is 22.0 Å². The van der Waals surface area contributed by atoms with E-state index < -0.39 is 6.10 Å². The summed E-state index contributed by atoms with van der Waals surface area (Å²) in [6, 6.07) is 5.86. The largest absolute Gasteiger partial charge is 0.493 e. The van der Waals surface area contributed by atoms with Crippen LogP contribution in [0.25, 0.3) is 0 Å². The van der Waals surface area contributed by atoms with Crippen LogP contribution in [0, 0.1) is 0 Å². The van der Waals surface area contributed by atoms with Crippen LogP contribution in [0.4, 0.5) is 0 Å². The molecule has 0 radical (unpaired) electrons. The van der Waals surface area contributed by atoms with Crippen molar-refractivity contribution >= 4 is 21.8 Å². The third-order valence-electron chi connectivity index (χ3n) is 2.95. The monoisotopic (exact) mass is 327 g/mol. The summed E-state index contributed by atoms with van der Waals surface area (Å²) in [6.07, 6.45) is 1.92. The molecule has 1 fully saturated rings. The number of aliphatic hydroxyl groups excluding tert-OH is 1. The number of aliphatic hydroxyl groups is 1. The van der Waals surface area contributed by atoms with Crippen LogP contribution in [0.5, 0.6) is 5.75 Å². The van der Waals surface area contributed by atoms with Gasteiger partial charge in [0.2, 0.25) is 5.91 Å². The Bertz CT molecular complexity index is 458. The van der Waals surface area contributed by atoms with Crippen molar-refractivity contribution in [3.8, 4) is 5.75 Å². The predicted octanol–water partition coefficient (Wildman–Crippen LogP) is 2.55. The highest BCUT2D eigenvalue weighted by Gasteiger charge is 2.22. The Kier molecular flexibility index (Phi) is 4.82. The molecular weight excluding hydrogens is 310 g/mol. The number of nitrogens with one attached hydrogen (secondary N) is 1. The molecule has 0 spiro atoms. The minimum atomic E-state index is -0.594. The topological polar surface area (TPSA) is 58.6 Å². The zero-order chi connectivity index (χ0) is 13.8. The maximum absolute atomic E-state index is 11.5. The van der Waals surface area contributed by atoms with Crippen molar-refractivity contribution in [1.29, 1.82) is 0 Å². The number of halogens is 1. The lowest BCUT2D eigenvalue weighted by atomic mass is 10.1. The number of benzene rings is 1. The number of ether oxygens (including phenoxy) is 1. The molecule has 0 saturated heterocycles. The molecule has 0 aromatic heterocycles. The fourth-order valence-electron chi connectivity index (χ4n) is 1.76. The minimum Gasteiger partial charge on any atom is -0.493 e. The molecule has 4 nitrogen and oxygen atoms in total. The summed E-state index contributed by atoms with van der Waals surface area (Å²) >= 11 is 3.37. The summed E-state index contributed by atoms with van der Waals surface area (Å²) < 4.78 is 6.48. The molecule has 1 saturated carbocycles. The molecule has 0 bridgehead atoms. The van der Waals surface area contributed by atoms with Gasteiger partial charge in [-0.15, -0.1) is 0 Å². The van der Waals surface area contributed by atoms with Gasteiger partial charge in [-0.3, -0.25) is 4.79 Å². The van der Waals surface area contributed by atoms with Gasteiger partial charge < -0.3 is 15.2 Å². The number of carbonyl (C=O) groups is 1. The van der Waals surface area contributed by atoms with Gasteiger partial charge in [0, 0.05) is 16.1 Å². The average molecular weight is 328 g/mol. The third kappa shape index (κ3) is 4.51. The molecule has 2 N–H and O–H groups in total. The summed E-state index contributed by atoms with van der Waals surface area (Å²) in [5.74, 6) is 0.639. The molecule has 1 aliphatic carbocycles. The van der Waals surface area contributed by atoms with Crippen molar-refractivity contribution in [2.24, 2.45) is 0 Å². The van der Waals surface area contributed by atoms with Crippen LogP contribution in [0.3, 0.4) is 0 Å². The highest BCUT2D eigenvalue weighted by Crippen LogP contribution is 2.28. The van der Waals surface area contributed by atoms with Crippen LogP contribution < -0.4 is 10.1 Å². The van der Waals surface area contributed by atoms with Gasteiger partial charge in [-0.2, -0.15) is 0 Å². The molecule has 1 aromatic carbocycles. The van der Waals surface area contributed by atoms with Crippen molar-refractivity contribution in [3.63, 3.8) is 0 Å². The maximum Gasteiger partial charge on any atom is 0.223 e. The summed E-state index contributed by atoms with van der Waals surface area (Å²) in [5, 5.41) is 12.6. The lowest BCUT2D eigenvalue weighted by molar-refractivity contribution is -0.121. The quantitative estimate of drug-likeness (QED) is 0.844.